The molecule has 2 N–H and O–H groups in total. The van der Waals surface area contributed by atoms with Crippen LogP contribution in [0.1, 0.15) is 19.4 Å². The molecule has 0 unspecified atom stereocenters. The molecule has 0 atom stereocenters. The number of nitrogens with two attached hydrogens (primary N) is 1. The van der Waals surface area contributed by atoms with Gasteiger partial charge < -0.3 is 5.73 Å². The zero-order chi connectivity index (χ0) is 11.5. The number of hydrogen-bond acceptors (Lipinski definition) is 2. The molecule has 0 aliphatic heterocycles. The minimum absolute atomic E-state index is 0.263. The molecule has 0 fully saturated rings. The molecule has 0 amide bonds. The Morgan fingerprint density at radius 1 is 1.33 bits per heavy atom. The Balaban J connectivity index is 2.51. The fourth-order valence-corrected chi connectivity index (χ4v) is 2.14. The Morgan fingerprint density at radius 3 is 2.53 bits per heavy atom. The predicted molar refractivity (Wildman–Crippen MR) is 60.8 cm³/mol. The van der Waals surface area contributed by atoms with E-state index in [1.54, 1.807) is 11.8 Å². The molecule has 0 bridgehead atoms. The normalized spacial score (nSPS) is 11.8. The van der Waals surface area contributed by atoms with Crippen molar-refractivity contribution in [3.8, 4) is 0 Å². The number of rotatable bonds is 4. The Kier molecular flexibility index (Phi) is 4.11. The van der Waals surface area contributed by atoms with E-state index in [1.165, 1.54) is 12.1 Å². The molecule has 1 aromatic carbocycles. The van der Waals surface area contributed by atoms with Crippen molar-refractivity contribution in [2.24, 2.45) is 5.73 Å². The van der Waals surface area contributed by atoms with Crippen LogP contribution in [0.4, 0.5) is 8.78 Å². The summed E-state index contributed by atoms with van der Waals surface area (Å²) in [6.45, 7) is 3.84. The minimum atomic E-state index is -0.541. The van der Waals surface area contributed by atoms with Crippen LogP contribution in [-0.4, -0.2) is 11.3 Å². The van der Waals surface area contributed by atoms with Gasteiger partial charge in [0.2, 0.25) is 0 Å². The molecule has 4 heteroatoms. The van der Waals surface area contributed by atoms with E-state index in [-0.39, 0.29) is 5.54 Å². The molecule has 0 aliphatic rings. The van der Waals surface area contributed by atoms with Gasteiger partial charge in [0.1, 0.15) is 11.6 Å². The SMILES string of the molecule is CC(C)(N)CSCc1ccc(F)cc1F. The van der Waals surface area contributed by atoms with E-state index >= 15 is 0 Å². The minimum Gasteiger partial charge on any atom is -0.325 e. The maximum Gasteiger partial charge on any atom is 0.130 e. The molecule has 0 saturated heterocycles. The van der Waals surface area contributed by atoms with E-state index in [0.717, 1.165) is 11.8 Å². The van der Waals surface area contributed by atoms with Gasteiger partial charge in [0.05, 0.1) is 0 Å². The van der Waals surface area contributed by atoms with Gasteiger partial charge in [0.25, 0.3) is 0 Å². The van der Waals surface area contributed by atoms with Gasteiger partial charge >= 0.3 is 0 Å². The molecular formula is C11H15F2NS. The summed E-state index contributed by atoms with van der Waals surface area (Å²) in [7, 11) is 0. The summed E-state index contributed by atoms with van der Waals surface area (Å²) >= 11 is 1.55. The van der Waals surface area contributed by atoms with Crippen molar-refractivity contribution >= 4 is 11.8 Å². The third-order valence-electron chi connectivity index (χ3n) is 1.75. The van der Waals surface area contributed by atoms with Gasteiger partial charge in [0, 0.05) is 23.1 Å². The number of halogens is 2. The second-order valence-corrected chi connectivity index (χ2v) is 5.20. The quantitative estimate of drug-likeness (QED) is 0.862. The van der Waals surface area contributed by atoms with Gasteiger partial charge in [-0.15, -0.1) is 0 Å². The van der Waals surface area contributed by atoms with E-state index in [4.69, 9.17) is 5.73 Å². The van der Waals surface area contributed by atoms with Crippen LogP contribution in [0.5, 0.6) is 0 Å². The zero-order valence-electron chi connectivity index (χ0n) is 8.89. The highest BCUT2D eigenvalue weighted by Crippen LogP contribution is 2.19. The van der Waals surface area contributed by atoms with Crippen molar-refractivity contribution in [3.05, 3.63) is 35.4 Å². The average molecular weight is 231 g/mol. The molecular weight excluding hydrogens is 216 g/mol. The Morgan fingerprint density at radius 2 is 2.00 bits per heavy atom. The Bertz CT molecular complexity index is 334. The van der Waals surface area contributed by atoms with Crippen molar-refractivity contribution in [3.63, 3.8) is 0 Å². The van der Waals surface area contributed by atoms with Crippen LogP contribution in [0.3, 0.4) is 0 Å². The van der Waals surface area contributed by atoms with Crippen LogP contribution in [0.2, 0.25) is 0 Å². The molecule has 0 saturated carbocycles. The highest BCUT2D eigenvalue weighted by Gasteiger charge is 2.11. The van der Waals surface area contributed by atoms with Crippen LogP contribution in [0.15, 0.2) is 18.2 Å². The molecule has 1 nitrogen and oxygen atoms in total. The molecule has 84 valence electrons. The second kappa shape index (κ2) is 4.94. The second-order valence-electron chi connectivity index (χ2n) is 4.22. The molecule has 1 rings (SSSR count). The van der Waals surface area contributed by atoms with E-state index in [9.17, 15) is 8.78 Å². The standard InChI is InChI=1S/C11H15F2NS/c1-11(2,14)7-15-6-8-3-4-9(12)5-10(8)13/h3-5H,6-7,14H2,1-2H3. The van der Waals surface area contributed by atoms with Gasteiger partial charge in [-0.1, -0.05) is 6.07 Å². The van der Waals surface area contributed by atoms with Crippen LogP contribution in [-0.2, 0) is 5.75 Å². The van der Waals surface area contributed by atoms with Crippen LogP contribution in [0.25, 0.3) is 0 Å². The summed E-state index contributed by atoms with van der Waals surface area (Å²) in [5, 5.41) is 0. The number of hydrogen-bond donors (Lipinski definition) is 1. The summed E-state index contributed by atoms with van der Waals surface area (Å²) in [6.07, 6.45) is 0. The summed E-state index contributed by atoms with van der Waals surface area (Å²) in [6, 6.07) is 3.65. The molecule has 0 heterocycles. The van der Waals surface area contributed by atoms with Gasteiger partial charge in [0.15, 0.2) is 0 Å². The molecule has 0 spiro atoms. The van der Waals surface area contributed by atoms with E-state index in [0.29, 0.717) is 11.3 Å². The summed E-state index contributed by atoms with van der Waals surface area (Å²) in [5.41, 5.74) is 6.04. The lowest BCUT2D eigenvalue weighted by atomic mass is 10.1. The van der Waals surface area contributed by atoms with Crippen LogP contribution < -0.4 is 5.73 Å². The van der Waals surface area contributed by atoms with Crippen molar-refractivity contribution < 1.29 is 8.78 Å². The van der Waals surface area contributed by atoms with Crippen molar-refractivity contribution in [1.82, 2.24) is 0 Å². The monoisotopic (exact) mass is 231 g/mol. The van der Waals surface area contributed by atoms with E-state index in [2.05, 4.69) is 0 Å². The largest absolute Gasteiger partial charge is 0.325 e. The average Bonchev–Trinajstić information content (AvgIpc) is 2.07. The van der Waals surface area contributed by atoms with Crippen LogP contribution in [0, 0.1) is 11.6 Å². The molecule has 0 radical (unpaired) electrons. The lowest BCUT2D eigenvalue weighted by Crippen LogP contribution is -2.34. The summed E-state index contributed by atoms with van der Waals surface area (Å²) < 4.78 is 25.8. The fraction of sp³-hybridized carbons (Fsp3) is 0.455. The van der Waals surface area contributed by atoms with Gasteiger partial charge in [-0.3, -0.25) is 0 Å². The van der Waals surface area contributed by atoms with Crippen molar-refractivity contribution in [2.75, 3.05) is 5.75 Å². The third-order valence-corrected chi connectivity index (χ3v) is 3.21. The highest BCUT2D eigenvalue weighted by molar-refractivity contribution is 7.98. The van der Waals surface area contributed by atoms with Crippen LogP contribution >= 0.6 is 11.8 Å². The first-order valence-corrected chi connectivity index (χ1v) is 5.84. The highest BCUT2D eigenvalue weighted by atomic mass is 32.2. The summed E-state index contributed by atoms with van der Waals surface area (Å²) in [5.74, 6) is 0.231. The number of thioether (sulfide) groups is 1. The number of benzene rings is 1. The maximum absolute atomic E-state index is 13.2. The molecule has 1 aromatic rings. The first-order chi connectivity index (χ1) is 6.88. The lowest BCUT2D eigenvalue weighted by Gasteiger charge is -2.17. The Labute approximate surface area is 93.1 Å². The van der Waals surface area contributed by atoms with Crippen molar-refractivity contribution in [1.29, 1.82) is 0 Å². The van der Waals surface area contributed by atoms with Gasteiger partial charge in [-0.25, -0.2) is 8.78 Å². The lowest BCUT2D eigenvalue weighted by molar-refractivity contribution is 0.575. The third kappa shape index (κ3) is 4.62. The molecule has 0 aliphatic carbocycles. The topological polar surface area (TPSA) is 26.0 Å². The zero-order valence-corrected chi connectivity index (χ0v) is 9.70. The van der Waals surface area contributed by atoms with Crippen molar-refractivity contribution in [2.45, 2.75) is 25.1 Å². The smallest absolute Gasteiger partial charge is 0.130 e. The maximum atomic E-state index is 13.2. The summed E-state index contributed by atoms with van der Waals surface area (Å²) in [4.78, 5) is 0. The Hall–Kier alpha value is -0.610. The predicted octanol–water partition coefficient (Wildman–Crippen LogP) is 2.94. The van der Waals surface area contributed by atoms with E-state index in [1.807, 2.05) is 13.8 Å². The van der Waals surface area contributed by atoms with E-state index < -0.39 is 11.6 Å². The molecule has 0 aromatic heterocycles. The van der Waals surface area contributed by atoms with Gasteiger partial charge in [-0.05, 0) is 25.5 Å². The first kappa shape index (κ1) is 12.5. The molecule has 15 heavy (non-hydrogen) atoms. The fourth-order valence-electron chi connectivity index (χ4n) is 1.06. The first-order valence-electron chi connectivity index (χ1n) is 4.69. The van der Waals surface area contributed by atoms with Gasteiger partial charge in [-0.2, -0.15) is 11.8 Å².